The van der Waals surface area contributed by atoms with Gasteiger partial charge in [0.1, 0.15) is 0 Å². The molecule has 0 saturated carbocycles. The van der Waals surface area contributed by atoms with Gasteiger partial charge in [-0.2, -0.15) is 0 Å². The predicted molar refractivity (Wildman–Crippen MR) is 75.7 cm³/mol. The number of benzene rings is 1. The summed E-state index contributed by atoms with van der Waals surface area (Å²) in [5, 5.41) is 3.04. The van der Waals surface area contributed by atoms with Crippen molar-refractivity contribution in [1.82, 2.24) is 5.32 Å². The van der Waals surface area contributed by atoms with Crippen molar-refractivity contribution in [2.75, 3.05) is 6.61 Å². The first-order valence-electron chi connectivity index (χ1n) is 7.17. The minimum Gasteiger partial charge on any atom is -0.377 e. The van der Waals surface area contributed by atoms with E-state index in [1.54, 1.807) is 0 Å². The quantitative estimate of drug-likeness (QED) is 0.766. The van der Waals surface area contributed by atoms with Crippen LogP contribution in [0.5, 0.6) is 0 Å². The second-order valence-electron chi connectivity index (χ2n) is 5.37. The number of carbonyl (C=O) groups is 1. The smallest absolute Gasteiger partial charge is 0.220 e. The molecule has 0 aliphatic carbocycles. The molecule has 3 heteroatoms. The first-order valence-corrected chi connectivity index (χ1v) is 7.17. The molecule has 2 unspecified atom stereocenters. The summed E-state index contributed by atoms with van der Waals surface area (Å²) in [6.45, 7) is 3.70. The Kier molecular flexibility index (Phi) is 5.40. The fourth-order valence-electron chi connectivity index (χ4n) is 2.54. The summed E-state index contributed by atoms with van der Waals surface area (Å²) in [4.78, 5) is 11.2. The molecule has 19 heavy (non-hydrogen) atoms. The largest absolute Gasteiger partial charge is 0.377 e. The summed E-state index contributed by atoms with van der Waals surface area (Å²) >= 11 is 0. The van der Waals surface area contributed by atoms with Crippen LogP contribution in [0.3, 0.4) is 0 Å². The Morgan fingerprint density at radius 2 is 2.16 bits per heavy atom. The fourth-order valence-corrected chi connectivity index (χ4v) is 2.54. The van der Waals surface area contributed by atoms with Crippen LogP contribution in [-0.4, -0.2) is 18.6 Å². The molecular formula is C16H23NO2. The van der Waals surface area contributed by atoms with Gasteiger partial charge in [0.25, 0.3) is 0 Å². The summed E-state index contributed by atoms with van der Waals surface area (Å²) in [7, 11) is 0. The van der Waals surface area contributed by atoms with Gasteiger partial charge < -0.3 is 10.1 Å². The molecule has 0 bridgehead atoms. The Morgan fingerprint density at radius 3 is 2.84 bits per heavy atom. The highest BCUT2D eigenvalue weighted by Gasteiger charge is 2.25. The maximum atomic E-state index is 11.2. The minimum atomic E-state index is 0.206. The van der Waals surface area contributed by atoms with Gasteiger partial charge in [-0.05, 0) is 30.7 Å². The van der Waals surface area contributed by atoms with Gasteiger partial charge >= 0.3 is 0 Å². The second kappa shape index (κ2) is 7.29. The van der Waals surface area contributed by atoms with Crippen molar-refractivity contribution in [3.63, 3.8) is 0 Å². The predicted octanol–water partition coefficient (Wildman–Crippen LogP) is 2.90. The van der Waals surface area contributed by atoms with Crippen LogP contribution in [0.25, 0.3) is 0 Å². The van der Waals surface area contributed by atoms with Gasteiger partial charge in [-0.3, -0.25) is 4.79 Å². The number of hydrogen-bond donors (Lipinski definition) is 1. The normalized spacial score (nSPS) is 20.3. The molecule has 0 aromatic heterocycles. The highest BCUT2D eigenvalue weighted by Crippen LogP contribution is 2.19. The second-order valence-corrected chi connectivity index (χ2v) is 5.37. The summed E-state index contributed by atoms with van der Waals surface area (Å²) < 4.78 is 5.67. The summed E-state index contributed by atoms with van der Waals surface area (Å²) in [5.41, 5.74) is 1.22. The summed E-state index contributed by atoms with van der Waals surface area (Å²) in [6, 6.07) is 10.6. The highest BCUT2D eigenvalue weighted by atomic mass is 16.5. The number of amides is 1. The molecular weight excluding hydrogens is 238 g/mol. The summed E-state index contributed by atoms with van der Waals surface area (Å²) in [6.07, 6.45) is 3.85. The molecule has 1 heterocycles. The third-order valence-electron chi connectivity index (χ3n) is 3.78. The lowest BCUT2D eigenvalue weighted by molar-refractivity contribution is -0.119. The molecule has 1 saturated heterocycles. The van der Waals surface area contributed by atoms with Crippen LogP contribution in [-0.2, 0) is 16.1 Å². The Hall–Kier alpha value is -1.35. The van der Waals surface area contributed by atoms with Crippen LogP contribution < -0.4 is 5.32 Å². The zero-order valence-electron chi connectivity index (χ0n) is 11.6. The van der Waals surface area contributed by atoms with Crippen molar-refractivity contribution in [3.8, 4) is 0 Å². The molecule has 1 fully saturated rings. The van der Waals surface area contributed by atoms with E-state index in [4.69, 9.17) is 4.74 Å². The molecule has 1 aliphatic heterocycles. The maximum Gasteiger partial charge on any atom is 0.220 e. The fraction of sp³-hybridized carbons (Fsp3) is 0.562. The molecule has 0 radical (unpaired) electrons. The van der Waals surface area contributed by atoms with E-state index in [2.05, 4.69) is 24.4 Å². The van der Waals surface area contributed by atoms with Crippen LogP contribution in [0.15, 0.2) is 30.3 Å². The van der Waals surface area contributed by atoms with Gasteiger partial charge in [-0.25, -0.2) is 0 Å². The van der Waals surface area contributed by atoms with Crippen molar-refractivity contribution in [1.29, 1.82) is 0 Å². The molecule has 1 aromatic carbocycles. The number of nitrogens with one attached hydrogen (secondary N) is 1. The topological polar surface area (TPSA) is 38.3 Å². The lowest BCUT2D eigenvalue weighted by atomic mass is 9.96. The van der Waals surface area contributed by atoms with E-state index >= 15 is 0 Å². The van der Waals surface area contributed by atoms with E-state index in [0.717, 1.165) is 25.9 Å². The van der Waals surface area contributed by atoms with E-state index in [9.17, 15) is 4.79 Å². The maximum absolute atomic E-state index is 11.2. The lowest BCUT2D eigenvalue weighted by Gasteiger charge is -2.18. The standard InChI is InChI=1S/C16H23NO2/c1-13(15-9-10-16(18)17-15)6-5-11-19-12-14-7-3-2-4-8-14/h2-4,7-8,13,15H,5-6,9-12H2,1H3,(H,17,18). The SMILES string of the molecule is CC(CCCOCc1ccccc1)C1CCC(=O)N1. The van der Waals surface area contributed by atoms with Crippen molar-refractivity contribution in [2.45, 2.75) is 45.3 Å². The molecule has 1 N–H and O–H groups in total. The third-order valence-corrected chi connectivity index (χ3v) is 3.78. The van der Waals surface area contributed by atoms with E-state index in [1.165, 1.54) is 5.56 Å². The third kappa shape index (κ3) is 4.67. The zero-order valence-corrected chi connectivity index (χ0v) is 11.6. The van der Waals surface area contributed by atoms with Crippen LogP contribution >= 0.6 is 0 Å². The Morgan fingerprint density at radius 1 is 1.37 bits per heavy atom. The Bertz CT molecular complexity index is 391. The van der Waals surface area contributed by atoms with E-state index in [-0.39, 0.29) is 5.91 Å². The molecule has 1 amide bonds. The van der Waals surface area contributed by atoms with Crippen molar-refractivity contribution in [3.05, 3.63) is 35.9 Å². The number of rotatable bonds is 7. The molecule has 1 aliphatic rings. The van der Waals surface area contributed by atoms with E-state index < -0.39 is 0 Å². The highest BCUT2D eigenvalue weighted by molar-refractivity contribution is 5.78. The van der Waals surface area contributed by atoms with E-state index in [0.29, 0.717) is 25.0 Å². The van der Waals surface area contributed by atoms with Gasteiger partial charge in [-0.15, -0.1) is 0 Å². The Balaban J connectivity index is 1.55. The van der Waals surface area contributed by atoms with Gasteiger partial charge in [0.2, 0.25) is 5.91 Å². The Labute approximate surface area is 115 Å². The molecule has 3 nitrogen and oxygen atoms in total. The molecule has 2 rings (SSSR count). The minimum absolute atomic E-state index is 0.206. The van der Waals surface area contributed by atoms with Gasteiger partial charge in [0.05, 0.1) is 6.61 Å². The average Bonchev–Trinajstić information content (AvgIpc) is 2.86. The van der Waals surface area contributed by atoms with Gasteiger partial charge in [0, 0.05) is 19.1 Å². The van der Waals surface area contributed by atoms with Crippen LogP contribution in [0.1, 0.15) is 38.2 Å². The summed E-state index contributed by atoms with van der Waals surface area (Å²) in [5.74, 6) is 0.754. The average molecular weight is 261 g/mol. The van der Waals surface area contributed by atoms with Crippen LogP contribution in [0.4, 0.5) is 0 Å². The molecule has 0 spiro atoms. The first kappa shape index (κ1) is 14.1. The monoisotopic (exact) mass is 261 g/mol. The van der Waals surface area contributed by atoms with Gasteiger partial charge in [0.15, 0.2) is 0 Å². The molecule has 1 aromatic rings. The van der Waals surface area contributed by atoms with Crippen LogP contribution in [0.2, 0.25) is 0 Å². The number of ether oxygens (including phenoxy) is 1. The van der Waals surface area contributed by atoms with Crippen molar-refractivity contribution < 1.29 is 9.53 Å². The van der Waals surface area contributed by atoms with E-state index in [1.807, 2.05) is 18.2 Å². The van der Waals surface area contributed by atoms with Gasteiger partial charge in [-0.1, -0.05) is 37.3 Å². The molecule has 2 atom stereocenters. The zero-order chi connectivity index (χ0) is 13.5. The molecule has 104 valence electrons. The number of hydrogen-bond acceptors (Lipinski definition) is 2. The van der Waals surface area contributed by atoms with Crippen molar-refractivity contribution >= 4 is 5.91 Å². The lowest BCUT2D eigenvalue weighted by Crippen LogP contribution is -2.31. The van der Waals surface area contributed by atoms with Crippen molar-refractivity contribution in [2.24, 2.45) is 5.92 Å². The van der Waals surface area contributed by atoms with Crippen LogP contribution in [0, 0.1) is 5.92 Å². The number of carbonyl (C=O) groups excluding carboxylic acids is 1. The first-order chi connectivity index (χ1) is 9.25.